The van der Waals surface area contributed by atoms with Gasteiger partial charge in [-0.2, -0.15) is 10.4 Å². The Morgan fingerprint density at radius 2 is 1.89 bits per heavy atom. The topological polar surface area (TPSA) is 86.9 Å². The molecule has 1 N–H and O–H groups in total. The number of ether oxygens (including phenoxy) is 2. The average Bonchev–Trinajstić information content (AvgIpc) is 2.74. The van der Waals surface area contributed by atoms with E-state index in [1.807, 2.05) is 30.3 Å². The largest absolute Gasteiger partial charge is 0.484 e. The molecule has 0 aromatic heterocycles. The second-order valence-electron chi connectivity index (χ2n) is 5.91. The van der Waals surface area contributed by atoms with Crippen molar-refractivity contribution in [3.05, 3.63) is 59.7 Å². The molecule has 138 valence electrons. The summed E-state index contributed by atoms with van der Waals surface area (Å²) in [6.07, 6.45) is 1.59. The van der Waals surface area contributed by atoms with Crippen LogP contribution in [0.25, 0.3) is 0 Å². The van der Waals surface area contributed by atoms with Crippen molar-refractivity contribution in [1.29, 1.82) is 5.26 Å². The molecular weight excluding hydrogens is 344 g/mol. The van der Waals surface area contributed by atoms with E-state index in [0.29, 0.717) is 11.3 Å². The molecule has 1 fully saturated rings. The third-order valence-corrected chi connectivity index (χ3v) is 4.03. The normalized spacial score (nSPS) is 14.0. The highest BCUT2D eigenvalue weighted by Crippen LogP contribution is 2.16. The van der Waals surface area contributed by atoms with E-state index in [-0.39, 0.29) is 12.5 Å². The molecular formula is C20H20N4O3. The quantitative estimate of drug-likeness (QED) is 0.625. The first kappa shape index (κ1) is 18.4. The van der Waals surface area contributed by atoms with Crippen LogP contribution >= 0.6 is 0 Å². The Kier molecular flexibility index (Phi) is 6.39. The molecule has 2 aromatic carbocycles. The standard InChI is InChI=1S/C20H20N4O3/c21-13-16-3-7-19(8-4-16)27-15-20(25)23-22-14-17-1-5-18(6-2-17)24-9-11-26-12-10-24/h1-8,14H,9-12,15H2,(H,23,25)/b22-14-. The van der Waals surface area contributed by atoms with Gasteiger partial charge >= 0.3 is 0 Å². The number of hydrogen-bond acceptors (Lipinski definition) is 6. The summed E-state index contributed by atoms with van der Waals surface area (Å²) in [4.78, 5) is 14.0. The molecule has 0 unspecified atom stereocenters. The number of amides is 1. The highest BCUT2D eigenvalue weighted by Gasteiger charge is 2.10. The second kappa shape index (κ2) is 9.36. The maximum absolute atomic E-state index is 11.8. The zero-order valence-corrected chi connectivity index (χ0v) is 14.8. The highest BCUT2D eigenvalue weighted by atomic mass is 16.5. The van der Waals surface area contributed by atoms with Crippen LogP contribution in [0.15, 0.2) is 53.6 Å². The third kappa shape index (κ3) is 5.56. The molecule has 0 spiro atoms. The van der Waals surface area contributed by atoms with Crippen molar-refractivity contribution in [3.8, 4) is 11.8 Å². The molecule has 7 nitrogen and oxygen atoms in total. The van der Waals surface area contributed by atoms with Gasteiger partial charge in [0.05, 0.1) is 31.1 Å². The van der Waals surface area contributed by atoms with Crippen LogP contribution in [0.5, 0.6) is 5.75 Å². The van der Waals surface area contributed by atoms with E-state index in [4.69, 9.17) is 14.7 Å². The lowest BCUT2D eigenvalue weighted by Gasteiger charge is -2.28. The Labute approximate surface area is 157 Å². The van der Waals surface area contributed by atoms with Gasteiger partial charge in [0.25, 0.3) is 5.91 Å². The van der Waals surface area contributed by atoms with Crippen molar-refractivity contribution in [2.24, 2.45) is 5.10 Å². The maximum Gasteiger partial charge on any atom is 0.277 e. The predicted molar refractivity (Wildman–Crippen MR) is 102 cm³/mol. The van der Waals surface area contributed by atoms with Crippen LogP contribution in [-0.4, -0.2) is 45.0 Å². The number of carbonyl (C=O) groups excluding carboxylic acids is 1. The van der Waals surface area contributed by atoms with Crippen LogP contribution in [0.1, 0.15) is 11.1 Å². The van der Waals surface area contributed by atoms with Crippen molar-refractivity contribution in [3.63, 3.8) is 0 Å². The van der Waals surface area contributed by atoms with Gasteiger partial charge in [-0.3, -0.25) is 4.79 Å². The van der Waals surface area contributed by atoms with Crippen LogP contribution in [0, 0.1) is 11.3 Å². The van der Waals surface area contributed by atoms with Crippen LogP contribution in [0.3, 0.4) is 0 Å². The SMILES string of the molecule is N#Cc1ccc(OCC(=O)N/N=C\c2ccc(N3CCOCC3)cc2)cc1. The summed E-state index contributed by atoms with van der Waals surface area (Å²) >= 11 is 0. The van der Waals surface area contributed by atoms with Gasteiger partial charge < -0.3 is 14.4 Å². The lowest BCUT2D eigenvalue weighted by Crippen LogP contribution is -2.36. The molecule has 0 saturated carbocycles. The molecule has 0 radical (unpaired) electrons. The van der Waals surface area contributed by atoms with Gasteiger partial charge in [0, 0.05) is 18.8 Å². The van der Waals surface area contributed by atoms with Crippen LogP contribution < -0.4 is 15.1 Å². The monoisotopic (exact) mass is 364 g/mol. The molecule has 0 aliphatic carbocycles. The zero-order chi connectivity index (χ0) is 18.9. The molecule has 7 heteroatoms. The molecule has 3 rings (SSSR count). The second-order valence-corrected chi connectivity index (χ2v) is 5.91. The first-order chi connectivity index (χ1) is 13.2. The summed E-state index contributed by atoms with van der Waals surface area (Å²) in [6, 6.07) is 16.5. The van der Waals surface area contributed by atoms with E-state index >= 15 is 0 Å². The molecule has 27 heavy (non-hydrogen) atoms. The van der Waals surface area contributed by atoms with Crippen molar-refractivity contribution < 1.29 is 14.3 Å². The summed E-state index contributed by atoms with van der Waals surface area (Å²) in [6.45, 7) is 3.13. The van der Waals surface area contributed by atoms with Gasteiger partial charge in [-0.1, -0.05) is 12.1 Å². The van der Waals surface area contributed by atoms with E-state index in [0.717, 1.165) is 37.6 Å². The molecule has 2 aromatic rings. The summed E-state index contributed by atoms with van der Waals surface area (Å²) in [7, 11) is 0. The van der Waals surface area contributed by atoms with Gasteiger partial charge in [-0.25, -0.2) is 5.43 Å². The Morgan fingerprint density at radius 3 is 2.56 bits per heavy atom. The fourth-order valence-corrected chi connectivity index (χ4v) is 2.58. The van der Waals surface area contributed by atoms with E-state index in [9.17, 15) is 4.79 Å². The minimum Gasteiger partial charge on any atom is -0.484 e. The van der Waals surface area contributed by atoms with Crippen LogP contribution in [-0.2, 0) is 9.53 Å². The Bertz CT molecular complexity index is 820. The Hall–Kier alpha value is -3.37. The van der Waals surface area contributed by atoms with Gasteiger partial charge in [0.1, 0.15) is 5.75 Å². The van der Waals surface area contributed by atoms with Crippen molar-refractivity contribution in [1.82, 2.24) is 5.43 Å². The lowest BCUT2D eigenvalue weighted by atomic mass is 10.2. The zero-order valence-electron chi connectivity index (χ0n) is 14.8. The van der Waals surface area contributed by atoms with E-state index in [1.165, 1.54) is 0 Å². The van der Waals surface area contributed by atoms with Gasteiger partial charge in [-0.05, 0) is 42.0 Å². The van der Waals surface area contributed by atoms with Crippen molar-refractivity contribution >= 4 is 17.8 Å². The number of carbonyl (C=O) groups is 1. The smallest absolute Gasteiger partial charge is 0.277 e. The summed E-state index contributed by atoms with van der Waals surface area (Å²) in [5.74, 6) is 0.160. The van der Waals surface area contributed by atoms with Gasteiger partial charge in [0.2, 0.25) is 0 Å². The Balaban J connectivity index is 1.43. The first-order valence-electron chi connectivity index (χ1n) is 8.62. The van der Waals surface area contributed by atoms with Gasteiger partial charge in [0.15, 0.2) is 6.61 Å². The number of hydrogen-bond donors (Lipinski definition) is 1. The summed E-state index contributed by atoms with van der Waals surface area (Å²) < 4.78 is 10.7. The minimum atomic E-state index is -0.361. The average molecular weight is 364 g/mol. The Morgan fingerprint density at radius 1 is 1.19 bits per heavy atom. The van der Waals surface area contributed by atoms with Crippen molar-refractivity contribution in [2.75, 3.05) is 37.8 Å². The van der Waals surface area contributed by atoms with E-state index in [1.54, 1.807) is 30.5 Å². The molecule has 1 amide bonds. The number of morpholine rings is 1. The number of rotatable bonds is 6. The van der Waals surface area contributed by atoms with E-state index in [2.05, 4.69) is 15.4 Å². The molecule has 0 atom stereocenters. The molecule has 0 bridgehead atoms. The molecule has 1 saturated heterocycles. The van der Waals surface area contributed by atoms with Gasteiger partial charge in [-0.15, -0.1) is 0 Å². The highest BCUT2D eigenvalue weighted by molar-refractivity contribution is 5.83. The maximum atomic E-state index is 11.8. The first-order valence-corrected chi connectivity index (χ1v) is 8.62. The van der Waals surface area contributed by atoms with Crippen molar-refractivity contribution in [2.45, 2.75) is 0 Å². The number of hydrazone groups is 1. The number of anilines is 1. The molecule has 1 heterocycles. The minimum absolute atomic E-state index is 0.154. The molecule has 1 aliphatic rings. The van der Waals surface area contributed by atoms with Crippen LogP contribution in [0.4, 0.5) is 5.69 Å². The lowest BCUT2D eigenvalue weighted by molar-refractivity contribution is -0.123. The number of nitrogens with zero attached hydrogens (tertiary/aromatic N) is 3. The molecule has 1 aliphatic heterocycles. The fraction of sp³-hybridized carbons (Fsp3) is 0.250. The number of benzene rings is 2. The number of nitrogens with one attached hydrogen (secondary N) is 1. The van der Waals surface area contributed by atoms with Crippen LogP contribution in [0.2, 0.25) is 0 Å². The van der Waals surface area contributed by atoms with E-state index < -0.39 is 0 Å². The summed E-state index contributed by atoms with van der Waals surface area (Å²) in [5.41, 5.74) is 5.00. The number of nitriles is 1. The summed E-state index contributed by atoms with van der Waals surface area (Å²) in [5, 5.41) is 12.7. The fourth-order valence-electron chi connectivity index (χ4n) is 2.58. The third-order valence-electron chi connectivity index (χ3n) is 4.03. The predicted octanol–water partition coefficient (Wildman–Crippen LogP) is 1.92.